The fraction of sp³-hybridized carbons (Fsp3) is 0.429. The van der Waals surface area contributed by atoms with Crippen LogP contribution in [0.2, 0.25) is 0 Å². The van der Waals surface area contributed by atoms with Gasteiger partial charge in [-0.1, -0.05) is 0 Å². The normalized spacial score (nSPS) is 28.1. The molecule has 2 atom stereocenters. The molecule has 1 aliphatic carbocycles. The van der Waals surface area contributed by atoms with Gasteiger partial charge in [-0.25, -0.2) is 0 Å². The molecule has 0 aliphatic heterocycles. The van der Waals surface area contributed by atoms with E-state index < -0.39 is 0 Å². The van der Waals surface area contributed by atoms with Gasteiger partial charge < -0.3 is 11.1 Å². The molecule has 1 aromatic heterocycles. The second kappa shape index (κ2) is 2.47. The molecule has 0 amide bonds. The quantitative estimate of drug-likeness (QED) is 0.622. The van der Waals surface area contributed by atoms with E-state index in [0.29, 0.717) is 12.1 Å². The van der Waals surface area contributed by atoms with E-state index in [9.17, 15) is 0 Å². The molecule has 0 bridgehead atoms. The Bertz CT molecular complexity index is 235. The molecule has 1 saturated carbocycles. The van der Waals surface area contributed by atoms with Gasteiger partial charge in [0.1, 0.15) is 5.82 Å². The molecule has 0 radical (unpaired) electrons. The van der Waals surface area contributed by atoms with E-state index in [-0.39, 0.29) is 0 Å². The maximum absolute atomic E-state index is 5.60. The summed E-state index contributed by atoms with van der Waals surface area (Å²) in [5.74, 6) is 0.811. The summed E-state index contributed by atoms with van der Waals surface area (Å²) in [5, 5.41) is 10.8. The van der Waals surface area contributed by atoms with Crippen molar-refractivity contribution in [1.82, 2.24) is 10.2 Å². The first-order valence-electron chi connectivity index (χ1n) is 3.66. The molecule has 3 N–H and O–H groups in total. The fourth-order valence-corrected chi connectivity index (χ4v) is 0.949. The summed E-state index contributed by atoms with van der Waals surface area (Å²) in [7, 11) is 0. The van der Waals surface area contributed by atoms with Gasteiger partial charge in [-0.2, -0.15) is 5.10 Å². The lowest BCUT2D eigenvalue weighted by molar-refractivity contribution is 0.963. The highest BCUT2D eigenvalue weighted by atomic mass is 15.2. The zero-order chi connectivity index (χ0) is 7.68. The largest absolute Gasteiger partial charge is 0.364 e. The predicted molar refractivity (Wildman–Crippen MR) is 42.0 cm³/mol. The van der Waals surface area contributed by atoms with Gasteiger partial charge >= 0.3 is 0 Å². The van der Waals surface area contributed by atoms with Crippen molar-refractivity contribution in [2.24, 2.45) is 5.73 Å². The van der Waals surface area contributed by atoms with Crippen molar-refractivity contribution in [2.75, 3.05) is 5.32 Å². The summed E-state index contributed by atoms with van der Waals surface area (Å²) in [6.45, 7) is 0. The van der Waals surface area contributed by atoms with Gasteiger partial charge in [0.15, 0.2) is 0 Å². The average Bonchev–Trinajstić information content (AvgIpc) is 2.69. The van der Waals surface area contributed by atoms with E-state index in [0.717, 1.165) is 12.2 Å². The summed E-state index contributed by atoms with van der Waals surface area (Å²) in [5.41, 5.74) is 5.60. The van der Waals surface area contributed by atoms with Crippen molar-refractivity contribution in [3.63, 3.8) is 0 Å². The lowest BCUT2D eigenvalue weighted by Crippen LogP contribution is -2.13. The Kier molecular flexibility index (Phi) is 1.47. The third kappa shape index (κ3) is 1.46. The monoisotopic (exact) mass is 150 g/mol. The minimum Gasteiger partial charge on any atom is -0.364 e. The first-order chi connectivity index (χ1) is 5.36. The lowest BCUT2D eigenvalue weighted by atomic mass is 10.5. The molecule has 0 aromatic carbocycles. The van der Waals surface area contributed by atoms with Gasteiger partial charge in [0, 0.05) is 18.3 Å². The van der Waals surface area contributed by atoms with Crippen LogP contribution in [0.1, 0.15) is 6.42 Å². The van der Waals surface area contributed by atoms with Crippen LogP contribution in [0.3, 0.4) is 0 Å². The van der Waals surface area contributed by atoms with Gasteiger partial charge in [0.2, 0.25) is 0 Å². The van der Waals surface area contributed by atoms with Crippen LogP contribution in [0.15, 0.2) is 18.3 Å². The first-order valence-corrected chi connectivity index (χ1v) is 3.66. The highest BCUT2D eigenvalue weighted by Gasteiger charge is 2.33. The summed E-state index contributed by atoms with van der Waals surface area (Å²) >= 11 is 0. The van der Waals surface area contributed by atoms with Gasteiger partial charge in [-0.3, -0.25) is 0 Å². The van der Waals surface area contributed by atoms with Gasteiger partial charge in [-0.15, -0.1) is 5.10 Å². The number of nitrogens with two attached hydrogens (primary N) is 1. The van der Waals surface area contributed by atoms with Crippen molar-refractivity contribution in [3.8, 4) is 0 Å². The standard InChI is InChI=1S/C7H10N4/c8-5-4-6(5)10-7-2-1-3-9-11-7/h1-3,5-6H,4,8H2,(H,10,11). The van der Waals surface area contributed by atoms with Crippen molar-refractivity contribution in [2.45, 2.75) is 18.5 Å². The first kappa shape index (κ1) is 6.54. The van der Waals surface area contributed by atoms with E-state index in [1.165, 1.54) is 0 Å². The van der Waals surface area contributed by atoms with Crippen LogP contribution in [0.5, 0.6) is 0 Å². The number of anilines is 1. The molecular weight excluding hydrogens is 140 g/mol. The van der Waals surface area contributed by atoms with E-state index >= 15 is 0 Å². The second-order valence-electron chi connectivity index (χ2n) is 2.76. The second-order valence-corrected chi connectivity index (χ2v) is 2.76. The van der Waals surface area contributed by atoms with E-state index in [4.69, 9.17) is 5.73 Å². The molecule has 0 spiro atoms. The van der Waals surface area contributed by atoms with Crippen LogP contribution in [-0.4, -0.2) is 22.3 Å². The van der Waals surface area contributed by atoms with Gasteiger partial charge in [-0.05, 0) is 18.6 Å². The van der Waals surface area contributed by atoms with Crippen LogP contribution in [0.4, 0.5) is 5.82 Å². The molecule has 2 rings (SSSR count). The minimum atomic E-state index is 0.303. The van der Waals surface area contributed by atoms with Gasteiger partial charge in [0.25, 0.3) is 0 Å². The molecule has 1 fully saturated rings. The summed E-state index contributed by atoms with van der Waals surface area (Å²) in [6.07, 6.45) is 2.69. The Labute approximate surface area is 64.8 Å². The number of rotatable bonds is 2. The van der Waals surface area contributed by atoms with E-state index in [2.05, 4.69) is 15.5 Å². The van der Waals surface area contributed by atoms with Crippen molar-refractivity contribution < 1.29 is 0 Å². The third-order valence-electron chi connectivity index (χ3n) is 1.75. The topological polar surface area (TPSA) is 63.8 Å². The molecule has 2 unspecified atom stereocenters. The Morgan fingerprint density at radius 3 is 3.00 bits per heavy atom. The Morgan fingerprint density at radius 2 is 2.45 bits per heavy atom. The molecule has 4 nitrogen and oxygen atoms in total. The van der Waals surface area contributed by atoms with Crippen molar-refractivity contribution >= 4 is 5.82 Å². The lowest BCUT2D eigenvalue weighted by Gasteiger charge is -2.00. The predicted octanol–water partition coefficient (Wildman–Crippen LogP) is -0.0119. The zero-order valence-electron chi connectivity index (χ0n) is 6.07. The molecular formula is C7H10N4. The van der Waals surface area contributed by atoms with Crippen LogP contribution in [-0.2, 0) is 0 Å². The zero-order valence-corrected chi connectivity index (χ0v) is 6.07. The molecule has 11 heavy (non-hydrogen) atoms. The molecule has 1 aromatic rings. The SMILES string of the molecule is NC1CC1Nc1cccnn1. The van der Waals surface area contributed by atoms with Crippen LogP contribution in [0, 0.1) is 0 Å². The van der Waals surface area contributed by atoms with Crippen LogP contribution >= 0.6 is 0 Å². The summed E-state index contributed by atoms with van der Waals surface area (Å²) in [6, 6.07) is 4.45. The van der Waals surface area contributed by atoms with E-state index in [1.54, 1.807) is 6.20 Å². The Balaban J connectivity index is 1.97. The maximum Gasteiger partial charge on any atom is 0.148 e. The fourth-order valence-electron chi connectivity index (χ4n) is 0.949. The number of hydrogen-bond acceptors (Lipinski definition) is 4. The van der Waals surface area contributed by atoms with Crippen molar-refractivity contribution in [1.29, 1.82) is 0 Å². The van der Waals surface area contributed by atoms with Crippen LogP contribution < -0.4 is 11.1 Å². The summed E-state index contributed by atoms with van der Waals surface area (Å²) in [4.78, 5) is 0. The minimum absolute atomic E-state index is 0.303. The summed E-state index contributed by atoms with van der Waals surface area (Å²) < 4.78 is 0. The van der Waals surface area contributed by atoms with Crippen molar-refractivity contribution in [3.05, 3.63) is 18.3 Å². The maximum atomic E-state index is 5.60. The number of aromatic nitrogens is 2. The number of nitrogens with zero attached hydrogens (tertiary/aromatic N) is 2. The number of nitrogens with one attached hydrogen (secondary N) is 1. The van der Waals surface area contributed by atoms with Gasteiger partial charge in [0.05, 0.1) is 0 Å². The third-order valence-corrected chi connectivity index (χ3v) is 1.75. The average molecular weight is 150 g/mol. The van der Waals surface area contributed by atoms with Crippen LogP contribution in [0.25, 0.3) is 0 Å². The molecule has 1 aliphatic rings. The highest BCUT2D eigenvalue weighted by molar-refractivity contribution is 5.36. The smallest absolute Gasteiger partial charge is 0.148 e. The molecule has 58 valence electrons. The molecule has 4 heteroatoms. The Hall–Kier alpha value is -1.16. The number of hydrogen-bond donors (Lipinski definition) is 2. The molecule has 0 saturated heterocycles. The Morgan fingerprint density at radius 1 is 1.64 bits per heavy atom. The van der Waals surface area contributed by atoms with E-state index in [1.807, 2.05) is 12.1 Å². The highest BCUT2D eigenvalue weighted by Crippen LogP contribution is 2.21. The molecule has 1 heterocycles.